The van der Waals surface area contributed by atoms with Crippen molar-refractivity contribution in [1.82, 2.24) is 15.5 Å². The van der Waals surface area contributed by atoms with Crippen LogP contribution in [0.4, 0.5) is 0 Å². The summed E-state index contributed by atoms with van der Waals surface area (Å²) < 4.78 is 0. The van der Waals surface area contributed by atoms with Gasteiger partial charge in [0.15, 0.2) is 0 Å². The van der Waals surface area contributed by atoms with Crippen molar-refractivity contribution in [3.63, 3.8) is 0 Å². The van der Waals surface area contributed by atoms with E-state index >= 15 is 0 Å². The first-order chi connectivity index (χ1) is 14.6. The van der Waals surface area contributed by atoms with Crippen LogP contribution in [-0.2, 0) is 25.6 Å². The number of hydrogen-bond donors (Lipinski definition) is 4. The van der Waals surface area contributed by atoms with Crippen LogP contribution in [-0.4, -0.2) is 64.4 Å². The fraction of sp³-hybridized carbons (Fsp3) is 0.545. The second-order valence-electron chi connectivity index (χ2n) is 8.30. The molecule has 0 aromatic heterocycles. The Morgan fingerprint density at radius 1 is 1.13 bits per heavy atom. The number of nitrogens with zero attached hydrogens (tertiary/aromatic N) is 1. The SMILES string of the molecule is CC(N)C(=O)N1CCCC1C(=O)NC(Cc1ccccc1)C(=O)NC(C(=O)O)C(C)C. The van der Waals surface area contributed by atoms with E-state index in [0.29, 0.717) is 19.4 Å². The summed E-state index contributed by atoms with van der Waals surface area (Å²) in [5.74, 6) is -2.81. The molecule has 0 radical (unpaired) electrons. The number of carboxylic acids is 1. The molecule has 170 valence electrons. The fourth-order valence-electron chi connectivity index (χ4n) is 3.66. The lowest BCUT2D eigenvalue weighted by Gasteiger charge is -2.28. The first-order valence-electron chi connectivity index (χ1n) is 10.5. The first-order valence-corrected chi connectivity index (χ1v) is 10.5. The zero-order chi connectivity index (χ0) is 23.1. The predicted molar refractivity (Wildman–Crippen MR) is 115 cm³/mol. The molecule has 4 atom stereocenters. The average Bonchev–Trinajstić information content (AvgIpc) is 3.20. The number of nitrogens with one attached hydrogen (secondary N) is 2. The van der Waals surface area contributed by atoms with Gasteiger partial charge in [-0.15, -0.1) is 0 Å². The van der Waals surface area contributed by atoms with Gasteiger partial charge in [0, 0.05) is 13.0 Å². The lowest BCUT2D eigenvalue weighted by atomic mass is 10.0. The summed E-state index contributed by atoms with van der Waals surface area (Å²) >= 11 is 0. The second kappa shape index (κ2) is 10.9. The summed E-state index contributed by atoms with van der Waals surface area (Å²) in [6, 6.07) is 5.64. The number of hydrogen-bond acceptors (Lipinski definition) is 5. The molecule has 9 nitrogen and oxygen atoms in total. The number of amides is 3. The van der Waals surface area contributed by atoms with Crippen molar-refractivity contribution in [2.45, 2.75) is 64.2 Å². The van der Waals surface area contributed by atoms with Gasteiger partial charge in [0.25, 0.3) is 0 Å². The van der Waals surface area contributed by atoms with Gasteiger partial charge in [0.05, 0.1) is 6.04 Å². The van der Waals surface area contributed by atoms with Crippen LogP contribution in [0.15, 0.2) is 30.3 Å². The summed E-state index contributed by atoms with van der Waals surface area (Å²) in [6.07, 6.45) is 1.34. The average molecular weight is 433 g/mol. The fourth-order valence-corrected chi connectivity index (χ4v) is 3.66. The van der Waals surface area contributed by atoms with Crippen LogP contribution < -0.4 is 16.4 Å². The Hall–Kier alpha value is -2.94. The molecular weight excluding hydrogens is 400 g/mol. The molecule has 0 spiro atoms. The molecule has 31 heavy (non-hydrogen) atoms. The van der Waals surface area contributed by atoms with E-state index in [0.717, 1.165) is 5.56 Å². The Balaban J connectivity index is 2.19. The van der Waals surface area contributed by atoms with Crippen LogP contribution in [0.5, 0.6) is 0 Å². The van der Waals surface area contributed by atoms with E-state index in [-0.39, 0.29) is 18.2 Å². The molecule has 3 amide bonds. The first kappa shape index (κ1) is 24.3. The van der Waals surface area contributed by atoms with Crippen molar-refractivity contribution in [2.24, 2.45) is 11.7 Å². The molecule has 9 heteroatoms. The van der Waals surface area contributed by atoms with Gasteiger partial charge < -0.3 is 26.4 Å². The minimum absolute atomic E-state index is 0.191. The van der Waals surface area contributed by atoms with Gasteiger partial charge in [-0.3, -0.25) is 14.4 Å². The van der Waals surface area contributed by atoms with Crippen molar-refractivity contribution in [3.05, 3.63) is 35.9 Å². The van der Waals surface area contributed by atoms with E-state index in [4.69, 9.17) is 5.73 Å². The van der Waals surface area contributed by atoms with Gasteiger partial charge in [-0.2, -0.15) is 0 Å². The molecule has 0 saturated carbocycles. The summed E-state index contributed by atoms with van der Waals surface area (Å²) in [7, 11) is 0. The van der Waals surface area contributed by atoms with Crippen LogP contribution in [0.25, 0.3) is 0 Å². The van der Waals surface area contributed by atoms with E-state index < -0.39 is 42.0 Å². The molecular formula is C22H32N4O5. The van der Waals surface area contributed by atoms with Gasteiger partial charge >= 0.3 is 5.97 Å². The Bertz CT molecular complexity index is 796. The summed E-state index contributed by atoms with van der Waals surface area (Å²) in [5.41, 5.74) is 6.51. The van der Waals surface area contributed by atoms with E-state index in [1.807, 2.05) is 30.3 Å². The standard InChI is InChI=1S/C22H32N4O5/c1-13(2)18(22(30)31)25-19(27)16(12-15-8-5-4-6-9-15)24-20(28)17-10-7-11-26(17)21(29)14(3)23/h4-6,8-9,13-14,16-18H,7,10-12,23H2,1-3H3,(H,24,28)(H,25,27)(H,30,31). The van der Waals surface area contributed by atoms with Gasteiger partial charge in [0.1, 0.15) is 18.1 Å². The Morgan fingerprint density at radius 3 is 2.32 bits per heavy atom. The lowest BCUT2D eigenvalue weighted by Crippen LogP contribution is -2.57. The number of likely N-dealkylation sites (tertiary alicyclic amines) is 1. The van der Waals surface area contributed by atoms with Crippen LogP contribution in [0.3, 0.4) is 0 Å². The van der Waals surface area contributed by atoms with Crippen LogP contribution in [0.1, 0.15) is 39.2 Å². The molecule has 5 N–H and O–H groups in total. The number of carbonyl (C=O) groups excluding carboxylic acids is 3. The number of benzene rings is 1. The Morgan fingerprint density at radius 2 is 1.77 bits per heavy atom. The maximum absolute atomic E-state index is 13.0. The molecule has 4 unspecified atom stereocenters. The number of aliphatic carboxylic acids is 1. The van der Waals surface area contributed by atoms with Crippen molar-refractivity contribution in [1.29, 1.82) is 0 Å². The molecule has 1 aliphatic heterocycles. The zero-order valence-electron chi connectivity index (χ0n) is 18.2. The van der Waals surface area contributed by atoms with Gasteiger partial charge in [-0.25, -0.2) is 4.79 Å². The van der Waals surface area contributed by atoms with Crippen molar-refractivity contribution >= 4 is 23.7 Å². The number of nitrogens with two attached hydrogens (primary N) is 1. The van der Waals surface area contributed by atoms with Crippen molar-refractivity contribution < 1.29 is 24.3 Å². The van der Waals surface area contributed by atoms with Crippen LogP contribution in [0.2, 0.25) is 0 Å². The molecule has 1 aliphatic rings. The van der Waals surface area contributed by atoms with E-state index in [1.165, 1.54) is 4.90 Å². The lowest BCUT2D eigenvalue weighted by molar-refractivity contribution is -0.144. The third kappa shape index (κ3) is 6.52. The number of rotatable bonds is 9. The number of carboxylic acid groups (broad SMARTS) is 1. The quantitative estimate of drug-likeness (QED) is 0.441. The van der Waals surface area contributed by atoms with Gasteiger partial charge in [-0.1, -0.05) is 44.2 Å². The topological polar surface area (TPSA) is 142 Å². The smallest absolute Gasteiger partial charge is 0.326 e. The molecule has 1 saturated heterocycles. The molecule has 0 bridgehead atoms. The normalized spacial score (nSPS) is 18.9. The highest BCUT2D eigenvalue weighted by Crippen LogP contribution is 2.19. The Kier molecular flexibility index (Phi) is 8.56. The van der Waals surface area contributed by atoms with E-state index in [1.54, 1.807) is 20.8 Å². The summed E-state index contributed by atoms with van der Waals surface area (Å²) in [6.45, 7) is 5.39. The maximum atomic E-state index is 13.0. The van der Waals surface area contributed by atoms with Gasteiger partial charge in [0.2, 0.25) is 17.7 Å². The second-order valence-corrected chi connectivity index (χ2v) is 8.30. The minimum Gasteiger partial charge on any atom is -0.480 e. The molecule has 1 fully saturated rings. The molecule has 1 aromatic carbocycles. The van der Waals surface area contributed by atoms with Crippen molar-refractivity contribution in [2.75, 3.05) is 6.54 Å². The predicted octanol–water partition coefficient (Wildman–Crippen LogP) is 0.278. The molecule has 2 rings (SSSR count). The highest BCUT2D eigenvalue weighted by molar-refractivity contribution is 5.94. The largest absolute Gasteiger partial charge is 0.480 e. The maximum Gasteiger partial charge on any atom is 0.326 e. The zero-order valence-corrected chi connectivity index (χ0v) is 18.2. The van der Waals surface area contributed by atoms with Crippen molar-refractivity contribution in [3.8, 4) is 0 Å². The highest BCUT2D eigenvalue weighted by Gasteiger charge is 2.37. The third-order valence-electron chi connectivity index (χ3n) is 5.37. The van der Waals surface area contributed by atoms with Crippen LogP contribution >= 0.6 is 0 Å². The summed E-state index contributed by atoms with van der Waals surface area (Å²) in [4.78, 5) is 51.3. The number of carbonyl (C=O) groups is 4. The highest BCUT2D eigenvalue weighted by atomic mass is 16.4. The Labute approximate surface area is 182 Å². The summed E-state index contributed by atoms with van der Waals surface area (Å²) in [5, 5.41) is 14.7. The van der Waals surface area contributed by atoms with Crippen LogP contribution in [0, 0.1) is 5.92 Å². The molecule has 0 aliphatic carbocycles. The van der Waals surface area contributed by atoms with Gasteiger partial charge in [-0.05, 0) is 31.2 Å². The third-order valence-corrected chi connectivity index (χ3v) is 5.37. The minimum atomic E-state index is -1.14. The van der Waals surface area contributed by atoms with E-state index in [2.05, 4.69) is 10.6 Å². The molecule has 1 aromatic rings. The molecule has 1 heterocycles. The monoisotopic (exact) mass is 432 g/mol. The van der Waals surface area contributed by atoms with E-state index in [9.17, 15) is 24.3 Å².